The van der Waals surface area contributed by atoms with Crippen molar-refractivity contribution in [1.29, 1.82) is 0 Å². The fourth-order valence-corrected chi connectivity index (χ4v) is 2.06. The van der Waals surface area contributed by atoms with Gasteiger partial charge in [-0.1, -0.05) is 36.4 Å². The second kappa shape index (κ2) is 9.02. The van der Waals surface area contributed by atoms with Gasteiger partial charge in [-0.3, -0.25) is 4.79 Å². The molecule has 6 heteroatoms. The van der Waals surface area contributed by atoms with Gasteiger partial charge in [-0.25, -0.2) is 0 Å². The Morgan fingerprint density at radius 2 is 1.78 bits per heavy atom. The Kier molecular flexibility index (Phi) is 7.38. The van der Waals surface area contributed by atoms with Crippen molar-refractivity contribution in [2.75, 3.05) is 7.05 Å². The van der Waals surface area contributed by atoms with E-state index in [1.807, 2.05) is 30.3 Å². The van der Waals surface area contributed by atoms with Gasteiger partial charge in [0.05, 0.1) is 0 Å². The molecule has 1 atom stereocenters. The van der Waals surface area contributed by atoms with Gasteiger partial charge in [-0.05, 0) is 36.7 Å². The third-order valence-electron chi connectivity index (χ3n) is 3.34. The van der Waals surface area contributed by atoms with Crippen molar-refractivity contribution >= 4 is 18.4 Å². The van der Waals surface area contributed by atoms with Crippen molar-refractivity contribution in [1.82, 2.24) is 5.32 Å². The van der Waals surface area contributed by atoms with E-state index in [4.69, 9.17) is 4.74 Å². The fraction of sp³-hybridized carbons (Fsp3) is 0.235. The lowest BCUT2D eigenvalue weighted by Gasteiger charge is -2.15. The maximum atomic E-state index is 12.1. The van der Waals surface area contributed by atoms with E-state index in [-0.39, 0.29) is 36.5 Å². The molecule has 2 aromatic carbocycles. The summed E-state index contributed by atoms with van der Waals surface area (Å²) < 4.78 is 5.29. The van der Waals surface area contributed by atoms with Gasteiger partial charge in [0.2, 0.25) is 0 Å². The van der Waals surface area contributed by atoms with Crippen molar-refractivity contribution in [3.63, 3.8) is 0 Å². The number of phenols is 2. The standard InChI is InChI=1S/C17H19NO4.ClH/c1-18-14(9-13-7-8-15(19)16(20)10-13)17(21)22-11-12-5-3-2-4-6-12;/h2-8,10,14,18-20H,9,11H2,1H3;1H. The van der Waals surface area contributed by atoms with Crippen LogP contribution in [0.2, 0.25) is 0 Å². The number of benzene rings is 2. The Hall–Kier alpha value is -2.24. The lowest BCUT2D eigenvalue weighted by Crippen LogP contribution is -2.37. The Morgan fingerprint density at radius 3 is 2.39 bits per heavy atom. The van der Waals surface area contributed by atoms with Gasteiger partial charge >= 0.3 is 5.97 Å². The van der Waals surface area contributed by atoms with Gasteiger partial charge in [-0.15, -0.1) is 12.4 Å². The van der Waals surface area contributed by atoms with Crippen molar-refractivity contribution < 1.29 is 19.7 Å². The van der Waals surface area contributed by atoms with Gasteiger partial charge < -0.3 is 20.3 Å². The van der Waals surface area contributed by atoms with E-state index >= 15 is 0 Å². The lowest BCUT2D eigenvalue weighted by molar-refractivity contribution is -0.147. The highest BCUT2D eigenvalue weighted by Gasteiger charge is 2.19. The third-order valence-corrected chi connectivity index (χ3v) is 3.34. The van der Waals surface area contributed by atoms with Gasteiger partial charge in [0.25, 0.3) is 0 Å². The SMILES string of the molecule is CNC(Cc1ccc(O)c(O)c1)C(=O)OCc1ccccc1.Cl. The predicted molar refractivity (Wildman–Crippen MR) is 89.8 cm³/mol. The molecule has 0 aliphatic rings. The summed E-state index contributed by atoms with van der Waals surface area (Å²) in [6.07, 6.45) is 0.359. The van der Waals surface area contributed by atoms with E-state index in [0.29, 0.717) is 6.42 Å². The highest BCUT2D eigenvalue weighted by Crippen LogP contribution is 2.25. The summed E-state index contributed by atoms with van der Waals surface area (Å²) in [6.45, 7) is 0.221. The van der Waals surface area contributed by atoms with Crippen molar-refractivity contribution in [3.05, 3.63) is 59.7 Å². The minimum atomic E-state index is -0.521. The first-order chi connectivity index (χ1) is 10.6. The average Bonchev–Trinajstić information content (AvgIpc) is 2.54. The van der Waals surface area contributed by atoms with Crippen LogP contribution in [0.1, 0.15) is 11.1 Å². The molecule has 0 saturated heterocycles. The van der Waals surface area contributed by atoms with Crippen molar-refractivity contribution in [2.45, 2.75) is 19.1 Å². The molecule has 0 spiro atoms. The van der Waals surface area contributed by atoms with E-state index in [1.165, 1.54) is 12.1 Å². The molecule has 0 aliphatic carbocycles. The number of carbonyl (C=O) groups excluding carboxylic acids is 1. The monoisotopic (exact) mass is 337 g/mol. The molecule has 0 aromatic heterocycles. The number of ether oxygens (including phenoxy) is 1. The number of carbonyl (C=O) groups is 1. The number of halogens is 1. The van der Waals surface area contributed by atoms with Gasteiger partial charge in [0, 0.05) is 0 Å². The van der Waals surface area contributed by atoms with Crippen LogP contribution in [0, 0.1) is 0 Å². The first-order valence-electron chi connectivity index (χ1n) is 6.99. The first-order valence-corrected chi connectivity index (χ1v) is 6.99. The maximum absolute atomic E-state index is 12.1. The van der Waals surface area contributed by atoms with Crippen LogP contribution < -0.4 is 5.32 Å². The minimum Gasteiger partial charge on any atom is -0.504 e. The van der Waals surface area contributed by atoms with Crippen LogP contribution in [-0.2, 0) is 22.6 Å². The van der Waals surface area contributed by atoms with E-state index in [0.717, 1.165) is 11.1 Å². The first kappa shape index (κ1) is 18.8. The Labute approximate surface area is 141 Å². The molecule has 0 fully saturated rings. The van der Waals surface area contributed by atoms with Crippen molar-refractivity contribution in [2.24, 2.45) is 0 Å². The van der Waals surface area contributed by atoms with Crippen LogP contribution >= 0.6 is 12.4 Å². The molecule has 124 valence electrons. The molecule has 23 heavy (non-hydrogen) atoms. The zero-order valence-corrected chi connectivity index (χ0v) is 13.5. The van der Waals surface area contributed by atoms with Gasteiger partial charge in [0.1, 0.15) is 12.6 Å². The third kappa shape index (κ3) is 5.47. The van der Waals surface area contributed by atoms with Gasteiger partial charge in [-0.2, -0.15) is 0 Å². The highest BCUT2D eigenvalue weighted by molar-refractivity contribution is 5.85. The maximum Gasteiger partial charge on any atom is 0.323 e. The van der Waals surface area contributed by atoms with Crippen LogP contribution in [0.3, 0.4) is 0 Å². The molecule has 0 heterocycles. The molecule has 2 aromatic rings. The largest absolute Gasteiger partial charge is 0.504 e. The average molecular weight is 338 g/mol. The highest BCUT2D eigenvalue weighted by atomic mass is 35.5. The molecule has 3 N–H and O–H groups in total. The molecule has 0 aliphatic heterocycles. The Morgan fingerprint density at radius 1 is 1.09 bits per heavy atom. The number of phenolic OH excluding ortho intramolecular Hbond substituents is 2. The second-order valence-corrected chi connectivity index (χ2v) is 4.96. The van der Waals surface area contributed by atoms with Crippen LogP contribution in [-0.4, -0.2) is 29.3 Å². The molecular formula is C17H20ClNO4. The van der Waals surface area contributed by atoms with Crippen LogP contribution in [0.4, 0.5) is 0 Å². The summed E-state index contributed by atoms with van der Waals surface area (Å²) in [5.74, 6) is -0.750. The Bertz CT molecular complexity index is 634. The number of aromatic hydroxyl groups is 2. The van der Waals surface area contributed by atoms with E-state index in [2.05, 4.69) is 5.32 Å². The second-order valence-electron chi connectivity index (χ2n) is 4.96. The molecule has 5 nitrogen and oxygen atoms in total. The van der Waals surface area contributed by atoms with Gasteiger partial charge in [0.15, 0.2) is 11.5 Å². The lowest BCUT2D eigenvalue weighted by atomic mass is 10.1. The molecule has 0 saturated carbocycles. The molecule has 0 bridgehead atoms. The van der Waals surface area contributed by atoms with Crippen molar-refractivity contribution in [3.8, 4) is 11.5 Å². The number of hydrogen-bond donors (Lipinski definition) is 3. The molecule has 1 unspecified atom stereocenters. The molecule has 2 rings (SSSR count). The summed E-state index contributed by atoms with van der Waals surface area (Å²) in [6, 6.07) is 13.4. The number of nitrogens with one attached hydrogen (secondary N) is 1. The quantitative estimate of drug-likeness (QED) is 0.557. The molecule has 0 amide bonds. The van der Waals surface area contributed by atoms with Crippen LogP contribution in [0.25, 0.3) is 0 Å². The van der Waals surface area contributed by atoms with Crippen LogP contribution in [0.15, 0.2) is 48.5 Å². The topological polar surface area (TPSA) is 78.8 Å². The van der Waals surface area contributed by atoms with E-state index in [1.54, 1.807) is 13.1 Å². The number of esters is 1. The number of rotatable bonds is 6. The van der Waals surface area contributed by atoms with E-state index < -0.39 is 6.04 Å². The summed E-state index contributed by atoms with van der Waals surface area (Å²) >= 11 is 0. The summed E-state index contributed by atoms with van der Waals surface area (Å²) in [7, 11) is 1.68. The molecular weight excluding hydrogens is 318 g/mol. The Balaban J connectivity index is 0.00000264. The smallest absolute Gasteiger partial charge is 0.323 e. The zero-order valence-electron chi connectivity index (χ0n) is 12.7. The predicted octanol–water partition coefficient (Wildman–Crippen LogP) is 2.39. The van der Waals surface area contributed by atoms with E-state index in [9.17, 15) is 15.0 Å². The zero-order chi connectivity index (χ0) is 15.9. The van der Waals surface area contributed by atoms with Crippen LogP contribution in [0.5, 0.6) is 11.5 Å². The fourth-order valence-electron chi connectivity index (χ4n) is 2.06. The summed E-state index contributed by atoms with van der Waals surface area (Å²) in [5.41, 5.74) is 1.65. The normalized spacial score (nSPS) is 11.3. The summed E-state index contributed by atoms with van der Waals surface area (Å²) in [5, 5.41) is 21.7. The number of hydrogen-bond acceptors (Lipinski definition) is 5. The number of likely N-dealkylation sites (N-methyl/N-ethyl adjacent to an activating group) is 1. The molecule has 0 radical (unpaired) electrons. The minimum absolute atomic E-state index is 0. The summed E-state index contributed by atoms with van der Waals surface area (Å²) in [4.78, 5) is 12.1.